The third kappa shape index (κ3) is 6.05. The molecule has 1 aromatic carbocycles. The minimum Gasteiger partial charge on any atom is -0.299 e. The lowest BCUT2D eigenvalue weighted by molar-refractivity contribution is -0.126. The fraction of sp³-hybridized carbons (Fsp3) is 0.538. The van der Waals surface area contributed by atoms with Crippen LogP contribution in [0.2, 0.25) is 19.6 Å². The SMILES string of the molecule is CN(C[Si](C)(C)C)OCCc1ccccc1. The average molecular weight is 237 g/mol. The first-order valence-corrected chi connectivity index (χ1v) is 9.56. The predicted molar refractivity (Wildman–Crippen MR) is 72.1 cm³/mol. The molecular formula is C13H23NOSi. The van der Waals surface area contributed by atoms with Crippen molar-refractivity contribution >= 4 is 8.07 Å². The van der Waals surface area contributed by atoms with E-state index in [1.807, 2.05) is 18.2 Å². The van der Waals surface area contributed by atoms with Crippen LogP contribution >= 0.6 is 0 Å². The molecule has 0 aliphatic carbocycles. The molecular weight excluding hydrogens is 214 g/mol. The molecule has 0 saturated carbocycles. The van der Waals surface area contributed by atoms with Crippen molar-refractivity contribution in [2.45, 2.75) is 26.1 Å². The Morgan fingerprint density at radius 1 is 1.12 bits per heavy atom. The zero-order valence-corrected chi connectivity index (χ0v) is 11.9. The minimum atomic E-state index is -1.05. The maximum absolute atomic E-state index is 5.69. The zero-order valence-electron chi connectivity index (χ0n) is 10.9. The van der Waals surface area contributed by atoms with Crippen LogP contribution in [0.15, 0.2) is 30.3 Å². The fourth-order valence-corrected chi connectivity index (χ4v) is 3.10. The summed E-state index contributed by atoms with van der Waals surface area (Å²) in [5.74, 6) is 0. The number of hydrogen-bond acceptors (Lipinski definition) is 2. The van der Waals surface area contributed by atoms with E-state index in [0.717, 1.165) is 19.2 Å². The molecule has 1 aromatic rings. The highest BCUT2D eigenvalue weighted by Crippen LogP contribution is 2.04. The molecule has 0 radical (unpaired) electrons. The molecule has 0 spiro atoms. The van der Waals surface area contributed by atoms with Crippen LogP contribution in [0.5, 0.6) is 0 Å². The van der Waals surface area contributed by atoms with Gasteiger partial charge in [-0.3, -0.25) is 4.84 Å². The Morgan fingerprint density at radius 2 is 1.75 bits per heavy atom. The van der Waals surface area contributed by atoms with Crippen LogP contribution < -0.4 is 0 Å². The van der Waals surface area contributed by atoms with Crippen molar-refractivity contribution < 1.29 is 4.84 Å². The molecule has 0 unspecified atom stereocenters. The van der Waals surface area contributed by atoms with Crippen molar-refractivity contribution in [1.29, 1.82) is 0 Å². The second-order valence-electron chi connectivity index (χ2n) is 5.42. The lowest BCUT2D eigenvalue weighted by Gasteiger charge is -2.24. The molecule has 0 bridgehead atoms. The molecule has 0 fully saturated rings. The van der Waals surface area contributed by atoms with Gasteiger partial charge in [-0.2, -0.15) is 5.06 Å². The van der Waals surface area contributed by atoms with Crippen molar-refractivity contribution in [3.05, 3.63) is 35.9 Å². The van der Waals surface area contributed by atoms with Gasteiger partial charge in [-0.1, -0.05) is 50.0 Å². The first-order valence-electron chi connectivity index (χ1n) is 5.85. The summed E-state index contributed by atoms with van der Waals surface area (Å²) in [7, 11) is 0.982. The van der Waals surface area contributed by atoms with Crippen molar-refractivity contribution in [1.82, 2.24) is 5.06 Å². The maximum atomic E-state index is 5.69. The Balaban J connectivity index is 2.21. The summed E-state index contributed by atoms with van der Waals surface area (Å²) in [4.78, 5) is 5.69. The van der Waals surface area contributed by atoms with Gasteiger partial charge in [-0.05, 0) is 12.0 Å². The number of benzene rings is 1. The summed E-state index contributed by atoms with van der Waals surface area (Å²) in [6, 6.07) is 10.5. The van der Waals surface area contributed by atoms with E-state index in [9.17, 15) is 0 Å². The number of hydrogen-bond donors (Lipinski definition) is 0. The lowest BCUT2D eigenvalue weighted by Crippen LogP contribution is -2.38. The third-order valence-corrected chi connectivity index (χ3v) is 3.64. The van der Waals surface area contributed by atoms with Crippen LogP contribution in [0.1, 0.15) is 5.56 Å². The van der Waals surface area contributed by atoms with E-state index in [2.05, 4.69) is 43.9 Å². The lowest BCUT2D eigenvalue weighted by atomic mass is 10.2. The van der Waals surface area contributed by atoms with Crippen LogP contribution in [-0.2, 0) is 11.3 Å². The van der Waals surface area contributed by atoms with Crippen LogP contribution in [-0.4, -0.2) is 33.0 Å². The van der Waals surface area contributed by atoms with E-state index in [4.69, 9.17) is 4.84 Å². The van der Waals surface area contributed by atoms with E-state index in [1.165, 1.54) is 5.56 Å². The molecule has 0 saturated heterocycles. The van der Waals surface area contributed by atoms with Crippen molar-refractivity contribution in [3.63, 3.8) is 0 Å². The Morgan fingerprint density at radius 3 is 2.31 bits per heavy atom. The molecule has 0 aromatic heterocycles. The molecule has 90 valence electrons. The third-order valence-electron chi connectivity index (χ3n) is 2.24. The zero-order chi connectivity index (χ0) is 12.0. The molecule has 3 heteroatoms. The van der Waals surface area contributed by atoms with Gasteiger partial charge >= 0.3 is 0 Å². The second kappa shape index (κ2) is 6.18. The minimum absolute atomic E-state index is 0.769. The highest BCUT2D eigenvalue weighted by atomic mass is 28.3. The summed E-state index contributed by atoms with van der Waals surface area (Å²) in [5.41, 5.74) is 1.34. The highest BCUT2D eigenvalue weighted by molar-refractivity contribution is 6.76. The van der Waals surface area contributed by atoms with E-state index in [0.29, 0.717) is 0 Å². The largest absolute Gasteiger partial charge is 0.299 e. The molecule has 0 atom stereocenters. The van der Waals surface area contributed by atoms with Gasteiger partial charge in [0.05, 0.1) is 14.7 Å². The predicted octanol–water partition coefficient (Wildman–Crippen LogP) is 2.97. The van der Waals surface area contributed by atoms with Gasteiger partial charge in [0.15, 0.2) is 0 Å². The van der Waals surface area contributed by atoms with Crippen LogP contribution in [0.25, 0.3) is 0 Å². The van der Waals surface area contributed by atoms with Crippen LogP contribution in [0.3, 0.4) is 0 Å². The number of hydroxylamine groups is 2. The number of nitrogens with zero attached hydrogens (tertiary/aromatic N) is 1. The summed E-state index contributed by atoms with van der Waals surface area (Å²) >= 11 is 0. The van der Waals surface area contributed by atoms with Gasteiger partial charge in [0.1, 0.15) is 0 Å². The van der Waals surface area contributed by atoms with Crippen molar-refractivity contribution in [3.8, 4) is 0 Å². The molecule has 0 aliphatic heterocycles. The van der Waals surface area contributed by atoms with E-state index in [1.54, 1.807) is 0 Å². The molecule has 0 heterocycles. The maximum Gasteiger partial charge on any atom is 0.0725 e. The van der Waals surface area contributed by atoms with Crippen molar-refractivity contribution in [2.24, 2.45) is 0 Å². The van der Waals surface area contributed by atoms with Gasteiger partial charge in [-0.15, -0.1) is 0 Å². The summed E-state index contributed by atoms with van der Waals surface area (Å²) in [6.07, 6.45) is 2.07. The second-order valence-corrected chi connectivity index (χ2v) is 10.9. The summed E-state index contributed by atoms with van der Waals surface area (Å²) in [5, 5.41) is 2.00. The normalized spacial score (nSPS) is 12.1. The Bertz CT molecular complexity index is 295. The summed E-state index contributed by atoms with van der Waals surface area (Å²) in [6.45, 7) is 7.82. The van der Waals surface area contributed by atoms with E-state index < -0.39 is 8.07 Å². The first kappa shape index (κ1) is 13.4. The summed E-state index contributed by atoms with van der Waals surface area (Å²) < 4.78 is 0. The molecule has 1 rings (SSSR count). The quantitative estimate of drug-likeness (QED) is 0.557. The van der Waals surface area contributed by atoms with Gasteiger partial charge in [0.2, 0.25) is 0 Å². The van der Waals surface area contributed by atoms with Crippen LogP contribution in [0, 0.1) is 0 Å². The standard InChI is InChI=1S/C13H23NOSi/c1-14(12-16(2,3)4)15-11-10-13-8-6-5-7-9-13/h5-9H,10-12H2,1-4H3. The van der Waals surface area contributed by atoms with Gasteiger partial charge in [0.25, 0.3) is 0 Å². The van der Waals surface area contributed by atoms with Crippen LogP contribution in [0.4, 0.5) is 0 Å². The molecule has 0 aliphatic rings. The Hall–Kier alpha value is -0.643. The average Bonchev–Trinajstić information content (AvgIpc) is 2.16. The fourth-order valence-electron chi connectivity index (χ4n) is 1.68. The molecule has 0 N–H and O–H groups in total. The Labute approximate surface area is 100 Å². The highest BCUT2D eigenvalue weighted by Gasteiger charge is 2.16. The van der Waals surface area contributed by atoms with Gasteiger partial charge in [-0.25, -0.2) is 0 Å². The molecule has 0 amide bonds. The van der Waals surface area contributed by atoms with E-state index >= 15 is 0 Å². The van der Waals surface area contributed by atoms with Crippen molar-refractivity contribution in [2.75, 3.05) is 19.8 Å². The smallest absolute Gasteiger partial charge is 0.0725 e. The Kier molecular flexibility index (Phi) is 5.18. The van der Waals surface area contributed by atoms with Gasteiger partial charge in [0, 0.05) is 13.2 Å². The molecule has 2 nitrogen and oxygen atoms in total. The van der Waals surface area contributed by atoms with E-state index in [-0.39, 0.29) is 0 Å². The monoisotopic (exact) mass is 237 g/mol. The topological polar surface area (TPSA) is 12.5 Å². The first-order chi connectivity index (χ1) is 7.47. The number of rotatable bonds is 6. The molecule has 16 heavy (non-hydrogen) atoms. The van der Waals surface area contributed by atoms with Gasteiger partial charge < -0.3 is 0 Å².